The van der Waals surface area contributed by atoms with Crippen molar-refractivity contribution in [2.24, 2.45) is 11.7 Å². The molecule has 1 fully saturated rings. The summed E-state index contributed by atoms with van der Waals surface area (Å²) in [5.74, 6) is -10.0. The molecule has 3 N–H and O–H groups in total. The van der Waals surface area contributed by atoms with Crippen molar-refractivity contribution in [1.29, 1.82) is 0 Å². The zero-order chi connectivity index (χ0) is 22.9. The summed E-state index contributed by atoms with van der Waals surface area (Å²) >= 11 is 0. The summed E-state index contributed by atoms with van der Waals surface area (Å²) in [4.78, 5) is 41.2. The second-order valence-corrected chi connectivity index (χ2v) is 7.29. The van der Waals surface area contributed by atoms with E-state index < -0.39 is 60.2 Å². The van der Waals surface area contributed by atoms with Crippen LogP contribution in [0.15, 0.2) is 36.7 Å². The highest BCUT2D eigenvalue weighted by Gasteiger charge is 2.48. The van der Waals surface area contributed by atoms with Crippen molar-refractivity contribution in [2.45, 2.75) is 25.3 Å². The molecule has 31 heavy (non-hydrogen) atoms. The minimum atomic E-state index is -3.19. The number of rotatable bonds is 3. The number of carbonyl (C=O) groups is 3. The van der Waals surface area contributed by atoms with Crippen molar-refractivity contribution in [3.63, 3.8) is 0 Å². The van der Waals surface area contributed by atoms with Crippen LogP contribution >= 0.6 is 0 Å². The number of nitrogens with two attached hydrogens (primary N) is 1. The molecule has 2 atom stereocenters. The number of aromatic nitrogens is 1. The first-order valence-electron chi connectivity index (χ1n) is 9.19. The van der Waals surface area contributed by atoms with E-state index in [9.17, 15) is 31.9 Å². The molecular weight excluding hydrogens is 420 g/mol. The maximum atomic E-state index is 14.4. The van der Waals surface area contributed by atoms with Crippen molar-refractivity contribution >= 4 is 23.4 Å². The number of alkyl halides is 2. The van der Waals surface area contributed by atoms with Gasteiger partial charge in [-0.15, -0.1) is 0 Å². The summed E-state index contributed by atoms with van der Waals surface area (Å²) in [7, 11) is 0. The molecule has 164 valence electrons. The Bertz CT molecular complexity index is 1050. The van der Waals surface area contributed by atoms with Crippen LogP contribution in [0, 0.1) is 17.6 Å². The summed E-state index contributed by atoms with van der Waals surface area (Å²) < 4.78 is 55.7. The fraction of sp³-hybridized carbons (Fsp3) is 0.300. The Labute approximate surface area is 174 Å². The van der Waals surface area contributed by atoms with Crippen LogP contribution in [0.4, 0.5) is 23.2 Å². The number of primary amides is 1. The van der Waals surface area contributed by atoms with E-state index in [1.807, 2.05) is 0 Å². The van der Waals surface area contributed by atoms with Gasteiger partial charge in [0.1, 0.15) is 0 Å². The number of carbonyl (C=O) groups excluding carboxylic acids is 3. The number of hydrogen-bond donors (Lipinski definition) is 2. The Hall–Kier alpha value is -3.50. The van der Waals surface area contributed by atoms with Gasteiger partial charge in [-0.25, -0.2) is 17.6 Å². The smallest absolute Gasteiger partial charge is 0.313 e. The summed E-state index contributed by atoms with van der Waals surface area (Å²) in [5, 5.41) is 2.24. The van der Waals surface area contributed by atoms with Gasteiger partial charge in [0.05, 0.1) is 23.5 Å². The average Bonchev–Trinajstić information content (AvgIpc) is 2.71. The molecular formula is C20H18F4N4O3. The molecule has 0 aliphatic carbocycles. The normalized spacial score (nSPS) is 20.2. The number of benzene rings is 1. The highest BCUT2D eigenvalue weighted by atomic mass is 19.3. The fourth-order valence-corrected chi connectivity index (χ4v) is 3.32. The molecule has 7 nitrogen and oxygen atoms in total. The standard InChI is InChI=1S/C20H18F4N4O3/c1-10-9-28(16(6-20(10,23)24)11-2-3-14(21)15(22)5-11)19(31)18(30)27-13-4-12(17(25)29)7-26-8-13/h2-5,7-8,10,16H,6,9H2,1H3,(H2,25,29)(H,27,30). The van der Waals surface area contributed by atoms with Crippen LogP contribution in [-0.4, -0.2) is 40.1 Å². The van der Waals surface area contributed by atoms with Crippen LogP contribution in [0.25, 0.3) is 0 Å². The van der Waals surface area contributed by atoms with Gasteiger partial charge >= 0.3 is 11.8 Å². The Morgan fingerprint density at radius 2 is 1.87 bits per heavy atom. The fourth-order valence-electron chi connectivity index (χ4n) is 3.32. The molecule has 1 aromatic carbocycles. The van der Waals surface area contributed by atoms with Crippen LogP contribution < -0.4 is 11.1 Å². The third-order valence-electron chi connectivity index (χ3n) is 5.10. The lowest BCUT2D eigenvalue weighted by Gasteiger charge is -2.42. The molecule has 1 aliphatic rings. The van der Waals surface area contributed by atoms with E-state index in [0.717, 1.165) is 35.5 Å². The largest absolute Gasteiger partial charge is 0.366 e. The number of nitrogens with one attached hydrogen (secondary N) is 1. The topological polar surface area (TPSA) is 105 Å². The predicted octanol–water partition coefficient (Wildman–Crippen LogP) is 2.64. The highest BCUT2D eigenvalue weighted by molar-refractivity contribution is 6.39. The maximum Gasteiger partial charge on any atom is 0.313 e. The molecule has 0 bridgehead atoms. The summed E-state index contributed by atoms with van der Waals surface area (Å²) in [6.07, 6.45) is 1.46. The van der Waals surface area contributed by atoms with Gasteiger partial charge in [0.15, 0.2) is 11.6 Å². The van der Waals surface area contributed by atoms with Crippen molar-refractivity contribution in [1.82, 2.24) is 9.88 Å². The van der Waals surface area contributed by atoms with E-state index in [2.05, 4.69) is 10.3 Å². The number of nitrogens with zero attached hydrogens (tertiary/aromatic N) is 2. The summed E-state index contributed by atoms with van der Waals surface area (Å²) in [5.41, 5.74) is 5.05. The molecule has 2 aromatic rings. The first-order valence-corrected chi connectivity index (χ1v) is 9.19. The van der Waals surface area contributed by atoms with E-state index >= 15 is 0 Å². The van der Waals surface area contributed by atoms with E-state index in [0.29, 0.717) is 0 Å². The van der Waals surface area contributed by atoms with Crippen LogP contribution in [-0.2, 0) is 9.59 Å². The maximum absolute atomic E-state index is 14.4. The molecule has 2 unspecified atom stereocenters. The molecule has 2 heterocycles. The quantitative estimate of drug-likeness (QED) is 0.568. The highest BCUT2D eigenvalue weighted by Crippen LogP contribution is 2.43. The van der Waals surface area contributed by atoms with E-state index in [-0.39, 0.29) is 16.8 Å². The zero-order valence-electron chi connectivity index (χ0n) is 16.2. The molecule has 11 heteroatoms. The van der Waals surface area contributed by atoms with Gasteiger partial charge in [-0.1, -0.05) is 13.0 Å². The van der Waals surface area contributed by atoms with Gasteiger partial charge in [0, 0.05) is 25.1 Å². The molecule has 0 saturated carbocycles. The van der Waals surface area contributed by atoms with Gasteiger partial charge in [-0.2, -0.15) is 0 Å². The molecule has 3 amide bonds. The van der Waals surface area contributed by atoms with Gasteiger partial charge in [-0.3, -0.25) is 19.4 Å². The minimum absolute atomic E-state index is 0.00517. The second-order valence-electron chi connectivity index (χ2n) is 7.29. The monoisotopic (exact) mass is 438 g/mol. The lowest BCUT2D eigenvalue weighted by molar-refractivity contribution is -0.159. The van der Waals surface area contributed by atoms with Gasteiger partial charge in [0.25, 0.3) is 5.92 Å². The van der Waals surface area contributed by atoms with Crippen LogP contribution in [0.3, 0.4) is 0 Å². The second kappa shape index (κ2) is 8.32. The Morgan fingerprint density at radius 3 is 2.52 bits per heavy atom. The zero-order valence-corrected chi connectivity index (χ0v) is 16.2. The first-order chi connectivity index (χ1) is 14.5. The lowest BCUT2D eigenvalue weighted by Crippen LogP contribution is -2.52. The van der Waals surface area contributed by atoms with Crippen molar-refractivity contribution in [3.8, 4) is 0 Å². The molecule has 0 radical (unpaired) electrons. The van der Waals surface area contributed by atoms with Gasteiger partial charge in [-0.05, 0) is 23.8 Å². The number of halogens is 4. The number of likely N-dealkylation sites (tertiary alicyclic amines) is 1. The Kier molecular flexibility index (Phi) is 5.96. The molecule has 1 aliphatic heterocycles. The Morgan fingerprint density at radius 1 is 1.16 bits per heavy atom. The first kappa shape index (κ1) is 22.2. The average molecular weight is 438 g/mol. The lowest BCUT2D eigenvalue weighted by atomic mass is 9.86. The minimum Gasteiger partial charge on any atom is -0.366 e. The number of hydrogen-bond acceptors (Lipinski definition) is 4. The molecule has 0 spiro atoms. The third kappa shape index (κ3) is 4.65. The van der Waals surface area contributed by atoms with Crippen molar-refractivity contribution in [2.75, 3.05) is 11.9 Å². The van der Waals surface area contributed by atoms with Crippen LogP contribution in [0.2, 0.25) is 0 Å². The van der Waals surface area contributed by atoms with Crippen molar-refractivity contribution in [3.05, 3.63) is 59.4 Å². The molecule has 1 saturated heterocycles. The van der Waals surface area contributed by atoms with E-state index in [1.54, 1.807) is 0 Å². The van der Waals surface area contributed by atoms with Crippen LogP contribution in [0.5, 0.6) is 0 Å². The van der Waals surface area contributed by atoms with Crippen LogP contribution in [0.1, 0.15) is 35.3 Å². The predicted molar refractivity (Wildman–Crippen MR) is 101 cm³/mol. The number of piperidine rings is 1. The van der Waals surface area contributed by atoms with E-state index in [4.69, 9.17) is 5.73 Å². The Balaban J connectivity index is 1.88. The summed E-state index contributed by atoms with van der Waals surface area (Å²) in [6, 6.07) is 2.43. The van der Waals surface area contributed by atoms with Gasteiger partial charge in [0.2, 0.25) is 5.91 Å². The van der Waals surface area contributed by atoms with Crippen molar-refractivity contribution < 1.29 is 31.9 Å². The third-order valence-corrected chi connectivity index (χ3v) is 5.10. The molecule has 3 rings (SSSR count). The SMILES string of the molecule is CC1CN(C(=O)C(=O)Nc2cncc(C(N)=O)c2)C(c2ccc(F)c(F)c2)CC1(F)F. The number of pyridine rings is 1. The summed E-state index contributed by atoms with van der Waals surface area (Å²) in [6.45, 7) is 0.738. The van der Waals surface area contributed by atoms with Gasteiger partial charge < -0.3 is 16.0 Å². The number of amides is 3. The molecule has 1 aromatic heterocycles. The number of anilines is 1. The van der Waals surface area contributed by atoms with E-state index in [1.165, 1.54) is 13.0 Å².